The molecule has 0 saturated carbocycles. The van der Waals surface area contributed by atoms with E-state index in [1.165, 1.54) is 4.90 Å². The third-order valence-electron chi connectivity index (χ3n) is 5.83. The average Bonchev–Trinajstić information content (AvgIpc) is 3.06. The number of carbonyl (C=O) groups is 2. The summed E-state index contributed by atoms with van der Waals surface area (Å²) in [7, 11) is 0. The van der Waals surface area contributed by atoms with Crippen LogP contribution in [0.15, 0.2) is 78.4 Å². The van der Waals surface area contributed by atoms with Gasteiger partial charge in [0.15, 0.2) is 0 Å². The molecule has 0 aromatic heterocycles. The van der Waals surface area contributed by atoms with Crippen molar-refractivity contribution in [2.75, 3.05) is 4.90 Å². The molecule has 1 amide bonds. The Balaban J connectivity index is 1.93. The number of aryl methyl sites for hydroxylation is 1. The second kappa shape index (κ2) is 8.64. The van der Waals surface area contributed by atoms with E-state index in [0.717, 1.165) is 16.7 Å². The van der Waals surface area contributed by atoms with Gasteiger partial charge in [-0.2, -0.15) is 0 Å². The molecule has 3 aromatic rings. The molecule has 1 aliphatic heterocycles. The van der Waals surface area contributed by atoms with Crippen LogP contribution in [0.1, 0.15) is 48.1 Å². The number of benzene rings is 3. The van der Waals surface area contributed by atoms with Crippen LogP contribution >= 0.6 is 11.6 Å². The number of nitrogens with zero attached hydrogens (tertiary/aromatic N) is 1. The fourth-order valence-corrected chi connectivity index (χ4v) is 4.13. The maximum Gasteiger partial charge on any atom is 0.300 e. The molecule has 162 valence electrons. The molecule has 1 fully saturated rings. The Bertz CT molecular complexity index is 1210. The number of ketones is 1. The predicted octanol–water partition coefficient (Wildman–Crippen LogP) is 6.40. The summed E-state index contributed by atoms with van der Waals surface area (Å²) >= 11 is 6.19. The van der Waals surface area contributed by atoms with Crippen LogP contribution in [0.5, 0.6) is 0 Å². The minimum atomic E-state index is -0.753. The third kappa shape index (κ3) is 3.82. The Kier molecular flexibility index (Phi) is 5.90. The summed E-state index contributed by atoms with van der Waals surface area (Å²) in [6.45, 7) is 6.05. The highest BCUT2D eigenvalue weighted by molar-refractivity contribution is 6.51. The number of anilines is 1. The second-order valence-corrected chi connectivity index (χ2v) is 8.70. The minimum Gasteiger partial charge on any atom is -0.507 e. The number of carbonyl (C=O) groups excluding carboxylic acids is 2. The highest BCUT2D eigenvalue weighted by Crippen LogP contribution is 2.43. The molecule has 0 aliphatic carbocycles. The van der Waals surface area contributed by atoms with Crippen molar-refractivity contribution in [3.63, 3.8) is 0 Å². The van der Waals surface area contributed by atoms with E-state index in [-0.39, 0.29) is 11.3 Å². The largest absolute Gasteiger partial charge is 0.507 e. The van der Waals surface area contributed by atoms with Crippen molar-refractivity contribution in [3.05, 3.63) is 106 Å². The Morgan fingerprint density at radius 1 is 0.969 bits per heavy atom. The third-order valence-corrected chi connectivity index (χ3v) is 6.25. The van der Waals surface area contributed by atoms with Crippen LogP contribution in [0.4, 0.5) is 5.69 Å². The van der Waals surface area contributed by atoms with Gasteiger partial charge in [0.05, 0.1) is 11.6 Å². The number of aliphatic hydroxyl groups is 1. The van der Waals surface area contributed by atoms with Gasteiger partial charge in [-0.15, -0.1) is 0 Å². The van der Waals surface area contributed by atoms with Gasteiger partial charge in [0, 0.05) is 16.3 Å². The minimum absolute atomic E-state index is 0.0751. The lowest BCUT2D eigenvalue weighted by Crippen LogP contribution is -2.29. The van der Waals surface area contributed by atoms with E-state index in [2.05, 4.69) is 13.8 Å². The average molecular weight is 446 g/mol. The van der Waals surface area contributed by atoms with Crippen molar-refractivity contribution < 1.29 is 14.7 Å². The van der Waals surface area contributed by atoms with Crippen LogP contribution in [0.2, 0.25) is 5.02 Å². The molecule has 0 spiro atoms. The van der Waals surface area contributed by atoms with Gasteiger partial charge in [-0.1, -0.05) is 80.0 Å². The van der Waals surface area contributed by atoms with Crippen molar-refractivity contribution in [1.29, 1.82) is 0 Å². The van der Waals surface area contributed by atoms with Crippen molar-refractivity contribution in [2.45, 2.75) is 32.7 Å². The number of amides is 1. The highest BCUT2D eigenvalue weighted by atomic mass is 35.5. The van der Waals surface area contributed by atoms with Crippen LogP contribution in [0.25, 0.3) is 5.76 Å². The molecule has 0 bridgehead atoms. The molecular weight excluding hydrogens is 422 g/mol. The van der Waals surface area contributed by atoms with Crippen molar-refractivity contribution in [1.82, 2.24) is 0 Å². The molecule has 1 aliphatic rings. The first-order chi connectivity index (χ1) is 15.3. The maximum absolute atomic E-state index is 13.2. The fraction of sp³-hybridized carbons (Fsp3) is 0.185. The standard InChI is InChI=1S/C27H24ClNO3/c1-16(2)18-9-11-19(12-10-18)24-23(25(30)20-7-5-4-6-8-20)26(31)27(32)29(24)21-13-14-22(28)17(3)15-21/h4-16,24,30H,1-3H3/t24-/m1/s1. The van der Waals surface area contributed by atoms with Crippen molar-refractivity contribution >= 4 is 34.7 Å². The first-order valence-electron chi connectivity index (χ1n) is 10.5. The zero-order chi connectivity index (χ0) is 23.0. The van der Waals surface area contributed by atoms with E-state index < -0.39 is 17.7 Å². The smallest absolute Gasteiger partial charge is 0.300 e. The van der Waals surface area contributed by atoms with Gasteiger partial charge in [-0.25, -0.2) is 0 Å². The SMILES string of the molecule is Cc1cc(N2C(=O)C(=O)C(=C(O)c3ccccc3)[C@H]2c2ccc(C(C)C)cc2)ccc1Cl. The van der Waals surface area contributed by atoms with Gasteiger partial charge in [-0.3, -0.25) is 14.5 Å². The van der Waals surface area contributed by atoms with Crippen LogP contribution in [0, 0.1) is 6.92 Å². The molecule has 1 heterocycles. The van der Waals surface area contributed by atoms with Gasteiger partial charge < -0.3 is 5.11 Å². The van der Waals surface area contributed by atoms with Crippen LogP contribution in [0.3, 0.4) is 0 Å². The van der Waals surface area contributed by atoms with Gasteiger partial charge in [-0.05, 0) is 47.7 Å². The Morgan fingerprint density at radius 2 is 1.62 bits per heavy atom. The monoisotopic (exact) mass is 445 g/mol. The van der Waals surface area contributed by atoms with Crippen LogP contribution in [-0.2, 0) is 9.59 Å². The number of halogens is 1. The van der Waals surface area contributed by atoms with E-state index in [4.69, 9.17) is 11.6 Å². The Morgan fingerprint density at radius 3 is 2.22 bits per heavy atom. The summed E-state index contributed by atoms with van der Waals surface area (Å²) in [6, 6.07) is 21.1. The van der Waals surface area contributed by atoms with E-state index in [0.29, 0.717) is 22.2 Å². The second-order valence-electron chi connectivity index (χ2n) is 8.29. The van der Waals surface area contributed by atoms with Crippen LogP contribution in [-0.4, -0.2) is 16.8 Å². The van der Waals surface area contributed by atoms with E-state index in [1.54, 1.807) is 42.5 Å². The summed E-state index contributed by atoms with van der Waals surface area (Å²) in [5.74, 6) is -1.23. The molecule has 0 radical (unpaired) electrons. The topological polar surface area (TPSA) is 57.6 Å². The zero-order valence-electron chi connectivity index (χ0n) is 18.2. The number of hydrogen-bond acceptors (Lipinski definition) is 3. The fourth-order valence-electron chi connectivity index (χ4n) is 4.01. The lowest BCUT2D eigenvalue weighted by molar-refractivity contribution is -0.132. The normalized spacial score (nSPS) is 17.9. The number of Topliss-reactive ketones (excluding diaryl/α,β-unsaturated/α-hetero) is 1. The summed E-state index contributed by atoms with van der Waals surface area (Å²) in [5.41, 5.74) is 3.81. The maximum atomic E-state index is 13.2. The molecule has 0 unspecified atom stereocenters. The van der Waals surface area contributed by atoms with E-state index >= 15 is 0 Å². The van der Waals surface area contributed by atoms with Crippen molar-refractivity contribution in [3.8, 4) is 0 Å². The molecule has 5 heteroatoms. The number of aliphatic hydroxyl groups excluding tert-OH is 1. The molecule has 1 saturated heterocycles. The highest BCUT2D eigenvalue weighted by Gasteiger charge is 2.47. The summed E-state index contributed by atoms with van der Waals surface area (Å²) in [4.78, 5) is 27.8. The van der Waals surface area contributed by atoms with E-state index in [1.807, 2.05) is 37.3 Å². The van der Waals surface area contributed by atoms with Crippen LogP contribution < -0.4 is 4.90 Å². The molecule has 1 N–H and O–H groups in total. The first kappa shape index (κ1) is 21.8. The molecule has 4 nitrogen and oxygen atoms in total. The molecule has 32 heavy (non-hydrogen) atoms. The molecule has 3 aromatic carbocycles. The van der Waals surface area contributed by atoms with Gasteiger partial charge >= 0.3 is 0 Å². The Labute approximate surface area is 192 Å². The zero-order valence-corrected chi connectivity index (χ0v) is 18.9. The van der Waals surface area contributed by atoms with Gasteiger partial charge in [0.1, 0.15) is 5.76 Å². The lowest BCUT2D eigenvalue weighted by atomic mass is 9.93. The summed E-state index contributed by atoms with van der Waals surface area (Å²) < 4.78 is 0. The van der Waals surface area contributed by atoms with E-state index in [9.17, 15) is 14.7 Å². The van der Waals surface area contributed by atoms with Crippen molar-refractivity contribution in [2.24, 2.45) is 0 Å². The molecule has 1 atom stereocenters. The number of hydrogen-bond donors (Lipinski definition) is 1. The summed E-state index contributed by atoms with van der Waals surface area (Å²) in [5, 5.41) is 11.7. The summed E-state index contributed by atoms with van der Waals surface area (Å²) in [6.07, 6.45) is 0. The van der Waals surface area contributed by atoms with Gasteiger partial charge in [0.25, 0.3) is 11.7 Å². The lowest BCUT2D eigenvalue weighted by Gasteiger charge is -2.26. The Hall–Kier alpha value is -3.37. The first-order valence-corrected chi connectivity index (χ1v) is 10.9. The van der Waals surface area contributed by atoms with Gasteiger partial charge in [0.2, 0.25) is 0 Å². The predicted molar refractivity (Wildman–Crippen MR) is 128 cm³/mol. The molecular formula is C27H24ClNO3. The quantitative estimate of drug-likeness (QED) is 0.287. The molecule has 4 rings (SSSR count). The number of rotatable bonds is 4.